The van der Waals surface area contributed by atoms with Crippen molar-refractivity contribution in [2.45, 2.75) is 25.4 Å². The van der Waals surface area contributed by atoms with Crippen LogP contribution in [0.2, 0.25) is 0 Å². The molecule has 24 heavy (non-hydrogen) atoms. The maximum absolute atomic E-state index is 12.9. The fraction of sp³-hybridized carbons (Fsp3) is 0.400. The van der Waals surface area contributed by atoms with Crippen molar-refractivity contribution in [3.63, 3.8) is 0 Å². The molecule has 0 aliphatic carbocycles. The third-order valence-corrected chi connectivity index (χ3v) is 5.97. The number of rotatable bonds is 2. The predicted molar refractivity (Wildman–Crippen MR) is 92.5 cm³/mol. The first kappa shape index (κ1) is 14.2. The van der Waals surface area contributed by atoms with Crippen molar-refractivity contribution in [3.8, 4) is 11.1 Å². The van der Waals surface area contributed by atoms with Crippen LogP contribution in [0, 0.1) is 5.92 Å². The third-order valence-electron chi connectivity index (χ3n) is 5.97. The topological polar surface area (TPSA) is 36.4 Å². The van der Waals surface area contributed by atoms with Crippen molar-refractivity contribution in [2.75, 3.05) is 19.6 Å². The molecule has 3 fully saturated rings. The van der Waals surface area contributed by atoms with Crippen molar-refractivity contribution in [2.24, 2.45) is 5.92 Å². The van der Waals surface area contributed by atoms with Crippen LogP contribution in [0.5, 0.6) is 0 Å². The minimum atomic E-state index is 0.227. The number of fused-ring (bicyclic) bond motifs is 4. The predicted octanol–water partition coefficient (Wildman–Crippen LogP) is 2.80. The van der Waals surface area contributed by atoms with Gasteiger partial charge in [0.1, 0.15) is 0 Å². The molecule has 4 aliphatic heterocycles. The van der Waals surface area contributed by atoms with Crippen molar-refractivity contribution < 1.29 is 4.79 Å². The highest BCUT2D eigenvalue weighted by Crippen LogP contribution is 2.36. The van der Waals surface area contributed by atoms with Crippen LogP contribution < -0.4 is 0 Å². The average Bonchev–Trinajstić information content (AvgIpc) is 2.99. The number of carbonyl (C=O) groups excluding carboxylic acids is 1. The van der Waals surface area contributed by atoms with E-state index in [1.807, 2.05) is 30.6 Å². The SMILES string of the molecule is O=C1c2ccc(-c3ccncc3)cc2CN1[C@H]1CN2CCC1CC2. The van der Waals surface area contributed by atoms with Crippen molar-refractivity contribution in [3.05, 3.63) is 53.9 Å². The number of amides is 1. The lowest BCUT2D eigenvalue weighted by Gasteiger charge is -2.48. The van der Waals surface area contributed by atoms with Crippen LogP contribution in [0.4, 0.5) is 0 Å². The number of hydrogen-bond donors (Lipinski definition) is 0. The molecular weight excluding hydrogens is 298 g/mol. The molecule has 1 aromatic heterocycles. The van der Waals surface area contributed by atoms with Gasteiger partial charge >= 0.3 is 0 Å². The molecule has 0 saturated carbocycles. The number of hydrogen-bond acceptors (Lipinski definition) is 3. The van der Waals surface area contributed by atoms with Gasteiger partial charge in [-0.05, 0) is 72.8 Å². The highest BCUT2D eigenvalue weighted by molar-refractivity contribution is 5.99. The molecule has 1 aromatic carbocycles. The highest BCUT2D eigenvalue weighted by atomic mass is 16.2. The van der Waals surface area contributed by atoms with Crippen molar-refractivity contribution in [1.29, 1.82) is 0 Å². The van der Waals surface area contributed by atoms with E-state index in [0.29, 0.717) is 12.0 Å². The molecule has 4 aliphatic rings. The Morgan fingerprint density at radius 3 is 2.50 bits per heavy atom. The molecule has 1 atom stereocenters. The van der Waals surface area contributed by atoms with Gasteiger partial charge in [0.25, 0.3) is 5.91 Å². The maximum Gasteiger partial charge on any atom is 0.254 e. The van der Waals surface area contributed by atoms with Crippen LogP contribution in [-0.2, 0) is 6.54 Å². The number of benzene rings is 1. The third kappa shape index (κ3) is 2.17. The van der Waals surface area contributed by atoms with Gasteiger partial charge in [0.2, 0.25) is 0 Å². The van der Waals surface area contributed by atoms with E-state index in [2.05, 4.69) is 26.9 Å². The Balaban J connectivity index is 1.45. The second-order valence-electron chi connectivity index (χ2n) is 7.25. The molecule has 122 valence electrons. The molecule has 0 radical (unpaired) electrons. The minimum absolute atomic E-state index is 0.227. The van der Waals surface area contributed by atoms with E-state index in [4.69, 9.17) is 0 Å². The van der Waals surface area contributed by atoms with E-state index in [9.17, 15) is 4.79 Å². The van der Waals surface area contributed by atoms with Crippen LogP contribution >= 0.6 is 0 Å². The Bertz CT molecular complexity index is 781. The van der Waals surface area contributed by atoms with Gasteiger partial charge in [-0.2, -0.15) is 0 Å². The molecule has 0 unspecified atom stereocenters. The Hall–Kier alpha value is -2.20. The summed E-state index contributed by atoms with van der Waals surface area (Å²) in [5.41, 5.74) is 4.39. The lowest BCUT2D eigenvalue weighted by Crippen LogP contribution is -2.57. The van der Waals surface area contributed by atoms with Crippen LogP contribution in [0.15, 0.2) is 42.7 Å². The fourth-order valence-electron chi connectivity index (χ4n) is 4.62. The molecule has 2 bridgehead atoms. The minimum Gasteiger partial charge on any atom is -0.330 e. The molecule has 3 saturated heterocycles. The highest BCUT2D eigenvalue weighted by Gasteiger charge is 2.42. The van der Waals surface area contributed by atoms with E-state index >= 15 is 0 Å². The van der Waals surface area contributed by atoms with Crippen LogP contribution in [0.3, 0.4) is 0 Å². The first-order valence-corrected chi connectivity index (χ1v) is 8.86. The maximum atomic E-state index is 12.9. The number of piperidine rings is 3. The largest absolute Gasteiger partial charge is 0.330 e. The van der Waals surface area contributed by atoms with Crippen LogP contribution in [0.1, 0.15) is 28.8 Å². The summed E-state index contributed by atoms with van der Waals surface area (Å²) in [6.45, 7) is 4.24. The quantitative estimate of drug-likeness (QED) is 0.854. The number of aromatic nitrogens is 1. The van der Waals surface area contributed by atoms with Gasteiger partial charge in [-0.15, -0.1) is 0 Å². The summed E-state index contributed by atoms with van der Waals surface area (Å²) in [7, 11) is 0. The van der Waals surface area contributed by atoms with E-state index in [0.717, 1.165) is 24.2 Å². The van der Waals surface area contributed by atoms with Crippen molar-refractivity contribution >= 4 is 5.91 Å². The summed E-state index contributed by atoms with van der Waals surface area (Å²) in [4.78, 5) is 21.7. The zero-order valence-corrected chi connectivity index (χ0v) is 13.7. The monoisotopic (exact) mass is 319 g/mol. The smallest absolute Gasteiger partial charge is 0.254 e. The molecule has 4 heteroatoms. The van der Waals surface area contributed by atoms with E-state index < -0.39 is 0 Å². The second kappa shape index (κ2) is 5.42. The van der Waals surface area contributed by atoms with Gasteiger partial charge in [-0.3, -0.25) is 9.78 Å². The molecular formula is C20H21N3O. The average molecular weight is 319 g/mol. The summed E-state index contributed by atoms with van der Waals surface area (Å²) < 4.78 is 0. The fourth-order valence-corrected chi connectivity index (χ4v) is 4.62. The van der Waals surface area contributed by atoms with Crippen LogP contribution in [0.25, 0.3) is 11.1 Å². The number of pyridine rings is 1. The van der Waals surface area contributed by atoms with Crippen LogP contribution in [-0.4, -0.2) is 46.4 Å². The molecule has 5 heterocycles. The summed E-state index contributed by atoms with van der Waals surface area (Å²) in [5.74, 6) is 0.915. The number of carbonyl (C=O) groups is 1. The van der Waals surface area contributed by atoms with E-state index in [1.54, 1.807) is 0 Å². The molecule has 0 spiro atoms. The Kier molecular flexibility index (Phi) is 3.20. The Morgan fingerprint density at radius 2 is 1.79 bits per heavy atom. The first-order chi connectivity index (χ1) is 11.8. The first-order valence-electron chi connectivity index (χ1n) is 8.86. The summed E-state index contributed by atoms with van der Waals surface area (Å²) in [6, 6.07) is 10.7. The van der Waals surface area contributed by atoms with Gasteiger partial charge in [0.15, 0.2) is 0 Å². The standard InChI is InChI=1S/C20H21N3O/c24-20-18-2-1-16(14-3-7-21-8-4-14)11-17(18)12-23(20)19-13-22-9-5-15(19)6-10-22/h1-4,7-8,11,15,19H,5-6,9-10,12-13H2/t19-/m0/s1. The summed E-state index contributed by atoms with van der Waals surface area (Å²) in [5, 5.41) is 0. The molecule has 4 nitrogen and oxygen atoms in total. The normalized spacial score (nSPS) is 28.2. The zero-order valence-electron chi connectivity index (χ0n) is 13.7. The Labute approximate surface area is 142 Å². The Morgan fingerprint density at radius 1 is 1.00 bits per heavy atom. The van der Waals surface area contributed by atoms with Gasteiger partial charge in [-0.1, -0.05) is 6.07 Å². The van der Waals surface area contributed by atoms with Gasteiger partial charge in [0, 0.05) is 37.1 Å². The van der Waals surface area contributed by atoms with Gasteiger partial charge in [0.05, 0.1) is 0 Å². The molecule has 6 rings (SSSR count). The zero-order chi connectivity index (χ0) is 16.1. The second-order valence-corrected chi connectivity index (χ2v) is 7.25. The molecule has 2 aromatic rings. The van der Waals surface area contributed by atoms with E-state index in [1.165, 1.54) is 37.1 Å². The van der Waals surface area contributed by atoms with Gasteiger partial charge in [-0.25, -0.2) is 0 Å². The lowest BCUT2D eigenvalue weighted by atomic mass is 9.83. The molecule has 1 amide bonds. The summed E-state index contributed by atoms with van der Waals surface area (Å²) in [6.07, 6.45) is 6.11. The van der Waals surface area contributed by atoms with Gasteiger partial charge < -0.3 is 9.80 Å². The summed E-state index contributed by atoms with van der Waals surface area (Å²) >= 11 is 0. The molecule has 0 N–H and O–H groups in total. The number of nitrogens with zero attached hydrogens (tertiary/aromatic N) is 3. The van der Waals surface area contributed by atoms with E-state index in [-0.39, 0.29) is 5.91 Å². The van der Waals surface area contributed by atoms with Crippen molar-refractivity contribution in [1.82, 2.24) is 14.8 Å². The lowest BCUT2D eigenvalue weighted by molar-refractivity contribution is 0.00846.